The molecule has 0 aliphatic carbocycles. The highest BCUT2D eigenvalue weighted by Crippen LogP contribution is 2.16. The van der Waals surface area contributed by atoms with Crippen LogP contribution in [0.25, 0.3) is 10.8 Å². The van der Waals surface area contributed by atoms with E-state index in [-0.39, 0.29) is 11.5 Å². The van der Waals surface area contributed by atoms with E-state index >= 15 is 0 Å². The second-order valence-electron chi connectivity index (χ2n) is 4.91. The van der Waals surface area contributed by atoms with Gasteiger partial charge in [-0.05, 0) is 31.4 Å². The first kappa shape index (κ1) is 14.4. The zero-order chi connectivity index (χ0) is 15.7. The Balaban J connectivity index is 1.91. The third-order valence-electron chi connectivity index (χ3n) is 3.39. The van der Waals surface area contributed by atoms with Gasteiger partial charge in [0.15, 0.2) is 0 Å². The summed E-state index contributed by atoms with van der Waals surface area (Å²) in [5.41, 5.74) is -0.186. The second-order valence-corrected chi connectivity index (χ2v) is 6.09. The van der Waals surface area contributed by atoms with Crippen LogP contribution in [0.2, 0.25) is 0 Å². The first-order chi connectivity index (χ1) is 10.6. The number of pyridine rings is 1. The lowest BCUT2D eigenvalue weighted by Crippen LogP contribution is -2.31. The Morgan fingerprint density at radius 1 is 1.27 bits per heavy atom. The van der Waals surface area contributed by atoms with E-state index < -0.39 is 6.04 Å². The van der Waals surface area contributed by atoms with E-state index in [0.29, 0.717) is 10.5 Å². The van der Waals surface area contributed by atoms with E-state index in [0.717, 1.165) is 10.4 Å². The monoisotopic (exact) mass is 314 g/mol. The fourth-order valence-corrected chi connectivity index (χ4v) is 2.79. The number of aryl methyl sites for hydroxylation is 1. The highest BCUT2D eigenvalue weighted by atomic mass is 32.1. The summed E-state index contributed by atoms with van der Waals surface area (Å²) in [4.78, 5) is 24.8. The summed E-state index contributed by atoms with van der Waals surface area (Å²) in [5, 5.41) is 13.0. The zero-order valence-corrected chi connectivity index (χ0v) is 12.9. The lowest BCUT2D eigenvalue weighted by molar-refractivity contribution is -0.118. The van der Waals surface area contributed by atoms with Crippen LogP contribution in [0, 0.1) is 6.92 Å². The Morgan fingerprint density at radius 3 is 2.77 bits per heavy atom. The van der Waals surface area contributed by atoms with Crippen LogP contribution in [0.3, 0.4) is 0 Å². The second kappa shape index (κ2) is 5.69. The standard InChI is InChI=1S/C15H14N4O2S/c1-9(13(20)16-15-18-17-10(2)22-15)19-8-7-11-5-3-4-6-12(11)14(19)21/h3-9H,1-2H3,(H,16,18,20). The molecule has 0 aliphatic heterocycles. The maximum Gasteiger partial charge on any atom is 0.259 e. The number of rotatable bonds is 3. The molecule has 2 heterocycles. The summed E-state index contributed by atoms with van der Waals surface area (Å²) in [6, 6.07) is 8.50. The molecule has 1 amide bonds. The summed E-state index contributed by atoms with van der Waals surface area (Å²) in [6.45, 7) is 3.49. The van der Waals surface area contributed by atoms with Crippen molar-refractivity contribution in [2.45, 2.75) is 19.9 Å². The Labute approximate surface area is 130 Å². The molecule has 2 aromatic heterocycles. The third-order valence-corrected chi connectivity index (χ3v) is 4.15. The van der Waals surface area contributed by atoms with Crippen LogP contribution in [0.5, 0.6) is 0 Å². The average Bonchev–Trinajstić information content (AvgIpc) is 2.92. The minimum Gasteiger partial charge on any atom is -0.303 e. The van der Waals surface area contributed by atoms with Crippen molar-refractivity contribution in [3.05, 3.63) is 51.9 Å². The number of nitrogens with one attached hydrogen (secondary N) is 1. The van der Waals surface area contributed by atoms with Crippen LogP contribution in [-0.2, 0) is 4.79 Å². The first-order valence-electron chi connectivity index (χ1n) is 6.77. The SMILES string of the molecule is Cc1nnc(NC(=O)C(C)n2ccc3ccccc3c2=O)s1. The lowest BCUT2D eigenvalue weighted by atomic mass is 10.1. The highest BCUT2D eigenvalue weighted by Gasteiger charge is 2.18. The smallest absolute Gasteiger partial charge is 0.259 e. The number of hydrogen-bond donors (Lipinski definition) is 1. The number of nitrogens with zero attached hydrogens (tertiary/aromatic N) is 3. The Morgan fingerprint density at radius 2 is 2.05 bits per heavy atom. The number of carbonyl (C=O) groups is 1. The Hall–Kier alpha value is -2.54. The van der Waals surface area contributed by atoms with E-state index in [1.807, 2.05) is 31.2 Å². The number of amides is 1. The van der Waals surface area contributed by atoms with Crippen LogP contribution < -0.4 is 10.9 Å². The van der Waals surface area contributed by atoms with Crippen molar-refractivity contribution in [1.82, 2.24) is 14.8 Å². The van der Waals surface area contributed by atoms with E-state index in [4.69, 9.17) is 0 Å². The molecule has 3 rings (SSSR count). The minimum atomic E-state index is -0.638. The van der Waals surface area contributed by atoms with E-state index in [1.165, 1.54) is 15.9 Å². The van der Waals surface area contributed by atoms with Gasteiger partial charge in [-0.25, -0.2) is 0 Å². The predicted molar refractivity (Wildman–Crippen MR) is 86.2 cm³/mol. The summed E-state index contributed by atoms with van der Waals surface area (Å²) in [5.74, 6) is -0.298. The van der Waals surface area contributed by atoms with Crippen molar-refractivity contribution in [2.24, 2.45) is 0 Å². The van der Waals surface area contributed by atoms with Gasteiger partial charge in [0.25, 0.3) is 5.56 Å². The van der Waals surface area contributed by atoms with E-state index in [1.54, 1.807) is 19.2 Å². The van der Waals surface area contributed by atoms with Gasteiger partial charge in [-0.15, -0.1) is 10.2 Å². The Kier molecular flexibility index (Phi) is 3.72. The quantitative estimate of drug-likeness (QED) is 0.805. The molecule has 0 bridgehead atoms. The number of benzene rings is 1. The van der Waals surface area contributed by atoms with E-state index in [9.17, 15) is 9.59 Å². The Bertz CT molecular complexity index is 900. The molecule has 7 heteroatoms. The lowest BCUT2D eigenvalue weighted by Gasteiger charge is -2.14. The molecule has 1 atom stereocenters. The molecule has 0 spiro atoms. The summed E-state index contributed by atoms with van der Waals surface area (Å²) >= 11 is 1.29. The summed E-state index contributed by atoms with van der Waals surface area (Å²) in [6.07, 6.45) is 1.64. The minimum absolute atomic E-state index is 0.186. The van der Waals surface area contributed by atoms with Crippen molar-refractivity contribution >= 4 is 33.1 Å². The average molecular weight is 314 g/mol. The molecule has 0 saturated heterocycles. The predicted octanol–water partition coefficient (Wildman–Crippen LogP) is 2.36. The van der Waals surface area contributed by atoms with Crippen molar-refractivity contribution in [3.63, 3.8) is 0 Å². The normalized spacial score (nSPS) is 12.3. The van der Waals surface area contributed by atoms with Gasteiger partial charge in [-0.3, -0.25) is 14.9 Å². The van der Waals surface area contributed by atoms with Crippen molar-refractivity contribution in [1.29, 1.82) is 0 Å². The first-order valence-corrected chi connectivity index (χ1v) is 7.59. The van der Waals surface area contributed by atoms with Gasteiger partial charge in [0.05, 0.1) is 0 Å². The van der Waals surface area contributed by atoms with Crippen LogP contribution >= 0.6 is 11.3 Å². The molecule has 22 heavy (non-hydrogen) atoms. The topological polar surface area (TPSA) is 76.9 Å². The molecule has 1 aromatic carbocycles. The molecule has 1 unspecified atom stereocenters. The molecular formula is C15H14N4O2S. The van der Waals surface area contributed by atoms with Crippen LogP contribution in [0.1, 0.15) is 18.0 Å². The molecule has 0 radical (unpaired) electrons. The van der Waals surface area contributed by atoms with E-state index in [2.05, 4.69) is 15.5 Å². The molecule has 112 valence electrons. The van der Waals surface area contributed by atoms with Crippen molar-refractivity contribution in [2.75, 3.05) is 5.32 Å². The maximum atomic E-state index is 12.5. The molecule has 0 aliphatic rings. The number of fused-ring (bicyclic) bond motifs is 1. The number of carbonyl (C=O) groups excluding carboxylic acids is 1. The van der Waals surface area contributed by atoms with Crippen LogP contribution in [0.4, 0.5) is 5.13 Å². The molecule has 1 N–H and O–H groups in total. The number of hydrogen-bond acceptors (Lipinski definition) is 5. The number of anilines is 1. The third kappa shape index (κ3) is 2.62. The van der Waals surface area contributed by atoms with Gasteiger partial charge < -0.3 is 4.57 Å². The highest BCUT2D eigenvalue weighted by molar-refractivity contribution is 7.15. The van der Waals surface area contributed by atoms with Gasteiger partial charge in [-0.1, -0.05) is 29.5 Å². The van der Waals surface area contributed by atoms with Gasteiger partial charge in [0, 0.05) is 11.6 Å². The molecule has 6 nitrogen and oxygen atoms in total. The summed E-state index contributed by atoms with van der Waals surface area (Å²) < 4.78 is 1.42. The van der Waals surface area contributed by atoms with Crippen molar-refractivity contribution in [3.8, 4) is 0 Å². The van der Waals surface area contributed by atoms with Gasteiger partial charge in [0.1, 0.15) is 11.0 Å². The van der Waals surface area contributed by atoms with Crippen LogP contribution in [-0.4, -0.2) is 20.7 Å². The van der Waals surface area contributed by atoms with Gasteiger partial charge in [0.2, 0.25) is 11.0 Å². The molecule has 0 saturated carbocycles. The van der Waals surface area contributed by atoms with Gasteiger partial charge in [-0.2, -0.15) is 0 Å². The molecular weight excluding hydrogens is 300 g/mol. The zero-order valence-electron chi connectivity index (χ0n) is 12.1. The summed E-state index contributed by atoms with van der Waals surface area (Å²) in [7, 11) is 0. The van der Waals surface area contributed by atoms with Crippen molar-refractivity contribution < 1.29 is 4.79 Å². The number of aromatic nitrogens is 3. The molecule has 3 aromatic rings. The fourth-order valence-electron chi connectivity index (χ4n) is 2.19. The molecule has 0 fully saturated rings. The van der Waals surface area contributed by atoms with Gasteiger partial charge >= 0.3 is 0 Å². The van der Waals surface area contributed by atoms with Crippen LogP contribution in [0.15, 0.2) is 41.3 Å². The fraction of sp³-hybridized carbons (Fsp3) is 0.200. The largest absolute Gasteiger partial charge is 0.303 e. The maximum absolute atomic E-state index is 12.5.